The van der Waals surface area contributed by atoms with Crippen LogP contribution >= 0.6 is 0 Å². The summed E-state index contributed by atoms with van der Waals surface area (Å²) >= 11 is 0. The molecule has 1 aromatic heterocycles. The van der Waals surface area contributed by atoms with E-state index in [1.165, 1.54) is 18.4 Å². The lowest BCUT2D eigenvalue weighted by atomic mass is 10.1. The van der Waals surface area contributed by atoms with Crippen LogP contribution in [0.25, 0.3) is 10.9 Å². The number of aryl methyl sites for hydroxylation is 1. The smallest absolute Gasteiger partial charge is 0.256 e. The van der Waals surface area contributed by atoms with Gasteiger partial charge in [0.25, 0.3) is 5.91 Å². The van der Waals surface area contributed by atoms with Gasteiger partial charge in [-0.3, -0.25) is 14.4 Å². The summed E-state index contributed by atoms with van der Waals surface area (Å²) in [6, 6.07) is 16.4. The second kappa shape index (κ2) is 6.92. The average molecular weight is 348 g/mol. The maximum Gasteiger partial charge on any atom is 0.256 e. The highest BCUT2D eigenvalue weighted by Gasteiger charge is 2.20. The summed E-state index contributed by atoms with van der Waals surface area (Å²) in [7, 11) is 1.88. The summed E-state index contributed by atoms with van der Waals surface area (Å²) < 4.78 is 1.79. The molecule has 5 heteroatoms. The molecule has 1 aliphatic rings. The molecule has 134 valence electrons. The number of carbonyl (C=O) groups is 1. The topological polar surface area (TPSA) is 50.2 Å². The summed E-state index contributed by atoms with van der Waals surface area (Å²) in [5.74, 6) is 0.483. The highest BCUT2D eigenvalue weighted by molar-refractivity contribution is 6.08. The largest absolute Gasteiger partial charge is 0.305 e. The SMILES string of the molecule is C[C@H]1CCCN1Cc1cccc(C(=O)Nc2nn(C)c3ccccc23)c1. The summed E-state index contributed by atoms with van der Waals surface area (Å²) in [5.41, 5.74) is 2.85. The van der Waals surface area contributed by atoms with Gasteiger partial charge in [0.05, 0.1) is 5.52 Å². The van der Waals surface area contributed by atoms with Crippen LogP contribution in [0.5, 0.6) is 0 Å². The van der Waals surface area contributed by atoms with E-state index < -0.39 is 0 Å². The standard InChI is InChI=1S/C21H24N4O/c1-15-7-6-12-25(15)14-16-8-5-9-17(13-16)21(26)22-20-18-10-3-4-11-19(18)24(2)23-20/h3-5,8-11,13,15H,6-7,12,14H2,1-2H3,(H,22,23,26)/t15-/m0/s1. The number of nitrogens with one attached hydrogen (secondary N) is 1. The van der Waals surface area contributed by atoms with Gasteiger partial charge in [-0.2, -0.15) is 5.10 Å². The zero-order valence-corrected chi connectivity index (χ0v) is 15.3. The fourth-order valence-electron chi connectivity index (χ4n) is 3.76. The van der Waals surface area contributed by atoms with E-state index in [-0.39, 0.29) is 5.91 Å². The Morgan fingerprint density at radius 2 is 2.08 bits per heavy atom. The fourth-order valence-corrected chi connectivity index (χ4v) is 3.76. The number of aromatic nitrogens is 2. The second-order valence-corrected chi connectivity index (χ2v) is 7.11. The van der Waals surface area contributed by atoms with E-state index in [2.05, 4.69) is 28.3 Å². The van der Waals surface area contributed by atoms with E-state index in [1.54, 1.807) is 4.68 Å². The van der Waals surface area contributed by atoms with Crippen LogP contribution in [0.15, 0.2) is 48.5 Å². The van der Waals surface area contributed by atoms with Crippen LogP contribution in [0.4, 0.5) is 5.82 Å². The molecule has 1 atom stereocenters. The highest BCUT2D eigenvalue weighted by Crippen LogP contribution is 2.23. The zero-order chi connectivity index (χ0) is 18.1. The Kier molecular flexibility index (Phi) is 4.47. The molecule has 2 heterocycles. The number of amides is 1. The molecule has 4 rings (SSSR count). The number of anilines is 1. The second-order valence-electron chi connectivity index (χ2n) is 7.11. The highest BCUT2D eigenvalue weighted by atomic mass is 16.1. The van der Waals surface area contributed by atoms with Crippen molar-refractivity contribution in [2.45, 2.75) is 32.4 Å². The van der Waals surface area contributed by atoms with Crippen molar-refractivity contribution in [1.82, 2.24) is 14.7 Å². The molecule has 3 aromatic rings. The Morgan fingerprint density at radius 3 is 2.88 bits per heavy atom. The molecule has 1 N–H and O–H groups in total. The Bertz CT molecular complexity index is 946. The van der Waals surface area contributed by atoms with Crippen LogP contribution in [0.2, 0.25) is 0 Å². The van der Waals surface area contributed by atoms with Crippen LogP contribution in [0.1, 0.15) is 35.7 Å². The van der Waals surface area contributed by atoms with Gasteiger partial charge in [-0.15, -0.1) is 0 Å². The van der Waals surface area contributed by atoms with Crippen molar-refractivity contribution in [3.63, 3.8) is 0 Å². The molecule has 0 saturated carbocycles. The van der Waals surface area contributed by atoms with E-state index >= 15 is 0 Å². The number of hydrogen-bond donors (Lipinski definition) is 1. The van der Waals surface area contributed by atoms with Crippen molar-refractivity contribution < 1.29 is 4.79 Å². The first-order valence-electron chi connectivity index (χ1n) is 9.18. The van der Waals surface area contributed by atoms with Crippen LogP contribution in [-0.2, 0) is 13.6 Å². The van der Waals surface area contributed by atoms with Crippen molar-refractivity contribution in [3.8, 4) is 0 Å². The van der Waals surface area contributed by atoms with Crippen molar-refractivity contribution in [3.05, 3.63) is 59.7 Å². The molecule has 0 bridgehead atoms. The van der Waals surface area contributed by atoms with Gasteiger partial charge in [0.15, 0.2) is 5.82 Å². The lowest BCUT2D eigenvalue weighted by molar-refractivity contribution is 0.102. The van der Waals surface area contributed by atoms with Crippen LogP contribution in [-0.4, -0.2) is 33.2 Å². The lowest BCUT2D eigenvalue weighted by Crippen LogP contribution is -2.26. The maximum atomic E-state index is 12.7. The molecule has 0 unspecified atom stereocenters. The van der Waals surface area contributed by atoms with E-state index in [4.69, 9.17) is 0 Å². The summed E-state index contributed by atoms with van der Waals surface area (Å²) in [6.07, 6.45) is 2.51. The summed E-state index contributed by atoms with van der Waals surface area (Å²) in [4.78, 5) is 15.2. The van der Waals surface area contributed by atoms with Gasteiger partial charge in [-0.25, -0.2) is 0 Å². The first-order chi connectivity index (χ1) is 12.6. The number of benzene rings is 2. The number of fused-ring (bicyclic) bond motifs is 1. The van der Waals surface area contributed by atoms with E-state index in [0.29, 0.717) is 17.4 Å². The number of carbonyl (C=O) groups excluding carboxylic acids is 1. The number of likely N-dealkylation sites (tertiary alicyclic amines) is 1. The molecule has 1 aliphatic heterocycles. The first kappa shape index (κ1) is 16.8. The van der Waals surface area contributed by atoms with E-state index in [9.17, 15) is 4.79 Å². The minimum atomic E-state index is -0.120. The Morgan fingerprint density at radius 1 is 1.23 bits per heavy atom. The Labute approximate surface area is 153 Å². The molecule has 1 saturated heterocycles. The summed E-state index contributed by atoms with van der Waals surface area (Å²) in [5, 5.41) is 8.36. The Balaban J connectivity index is 1.53. The molecule has 1 fully saturated rings. The number of nitrogens with zero attached hydrogens (tertiary/aromatic N) is 3. The van der Waals surface area contributed by atoms with Gasteiger partial charge in [0.2, 0.25) is 0 Å². The van der Waals surface area contributed by atoms with E-state index in [0.717, 1.165) is 24.0 Å². The van der Waals surface area contributed by atoms with Crippen LogP contribution in [0.3, 0.4) is 0 Å². The third kappa shape index (κ3) is 3.22. The Hall–Kier alpha value is -2.66. The fraction of sp³-hybridized carbons (Fsp3) is 0.333. The maximum absolute atomic E-state index is 12.7. The van der Waals surface area contributed by atoms with Crippen molar-refractivity contribution in [2.75, 3.05) is 11.9 Å². The monoisotopic (exact) mass is 348 g/mol. The van der Waals surface area contributed by atoms with Crippen molar-refractivity contribution >= 4 is 22.6 Å². The van der Waals surface area contributed by atoms with Gasteiger partial charge in [-0.1, -0.05) is 24.3 Å². The molecule has 2 aromatic carbocycles. The zero-order valence-electron chi connectivity index (χ0n) is 15.3. The van der Waals surface area contributed by atoms with Gasteiger partial charge in [-0.05, 0) is 56.1 Å². The van der Waals surface area contributed by atoms with Gasteiger partial charge >= 0.3 is 0 Å². The van der Waals surface area contributed by atoms with E-state index in [1.807, 2.05) is 49.5 Å². The van der Waals surface area contributed by atoms with Gasteiger partial charge in [0, 0.05) is 30.6 Å². The third-order valence-electron chi connectivity index (χ3n) is 5.26. The first-order valence-corrected chi connectivity index (χ1v) is 9.18. The van der Waals surface area contributed by atoms with Crippen molar-refractivity contribution in [2.24, 2.45) is 7.05 Å². The molecule has 1 amide bonds. The summed E-state index contributed by atoms with van der Waals surface area (Å²) in [6.45, 7) is 4.31. The molecular weight excluding hydrogens is 324 g/mol. The predicted molar refractivity (Wildman–Crippen MR) is 104 cm³/mol. The van der Waals surface area contributed by atoms with Gasteiger partial charge < -0.3 is 5.32 Å². The molecule has 0 aliphatic carbocycles. The molecule has 26 heavy (non-hydrogen) atoms. The third-order valence-corrected chi connectivity index (χ3v) is 5.26. The molecule has 0 spiro atoms. The van der Waals surface area contributed by atoms with Crippen molar-refractivity contribution in [1.29, 1.82) is 0 Å². The number of rotatable bonds is 4. The molecular formula is C21H24N4O. The van der Waals surface area contributed by atoms with Gasteiger partial charge in [0.1, 0.15) is 0 Å². The predicted octanol–water partition coefficient (Wildman–Crippen LogP) is 3.81. The van der Waals surface area contributed by atoms with Crippen LogP contribution in [0, 0.1) is 0 Å². The number of hydrogen-bond acceptors (Lipinski definition) is 3. The average Bonchev–Trinajstić information content (AvgIpc) is 3.19. The molecule has 5 nitrogen and oxygen atoms in total. The number of para-hydroxylation sites is 1. The minimum Gasteiger partial charge on any atom is -0.305 e. The minimum absolute atomic E-state index is 0.120. The molecule has 0 radical (unpaired) electrons. The lowest BCUT2D eigenvalue weighted by Gasteiger charge is -2.21. The normalized spacial score (nSPS) is 17.7. The quantitative estimate of drug-likeness (QED) is 0.780. The van der Waals surface area contributed by atoms with Crippen LogP contribution < -0.4 is 5.32 Å².